The van der Waals surface area contributed by atoms with E-state index in [1.165, 1.54) is 24.0 Å². The van der Waals surface area contributed by atoms with Crippen molar-refractivity contribution in [3.8, 4) is 11.1 Å². The highest BCUT2D eigenvalue weighted by molar-refractivity contribution is 7.17. The zero-order chi connectivity index (χ0) is 20.4. The van der Waals surface area contributed by atoms with Crippen LogP contribution in [0.2, 0.25) is 0 Å². The number of rotatable bonds is 6. The predicted molar refractivity (Wildman–Crippen MR) is 114 cm³/mol. The summed E-state index contributed by atoms with van der Waals surface area (Å²) in [6.07, 6.45) is 0.667. The summed E-state index contributed by atoms with van der Waals surface area (Å²) >= 11 is 1.54. The first-order valence-corrected chi connectivity index (χ1v) is 9.86. The van der Waals surface area contributed by atoms with Crippen molar-refractivity contribution in [2.75, 3.05) is 11.9 Å². The second-order valence-corrected chi connectivity index (χ2v) is 7.52. The first kappa shape index (κ1) is 19.0. The average Bonchev–Trinajstić information content (AvgIpc) is 3.17. The SMILES string of the molecule is Cc1ccc(-c2csc3ncnc(NC[C@@H](O)c4ccc([N+](=O)[O-])cc4)c23)cc1. The number of nitro benzene ring substituents is 1. The lowest BCUT2D eigenvalue weighted by Gasteiger charge is -2.13. The molecule has 0 unspecified atom stereocenters. The topological polar surface area (TPSA) is 101 Å². The van der Waals surface area contributed by atoms with Gasteiger partial charge in [0.1, 0.15) is 17.0 Å². The van der Waals surface area contributed by atoms with Crippen LogP contribution in [0.5, 0.6) is 0 Å². The van der Waals surface area contributed by atoms with Crippen LogP contribution in [-0.2, 0) is 0 Å². The fourth-order valence-corrected chi connectivity index (χ4v) is 4.00. The number of hydrogen-bond acceptors (Lipinski definition) is 7. The van der Waals surface area contributed by atoms with Crippen LogP contribution < -0.4 is 5.32 Å². The summed E-state index contributed by atoms with van der Waals surface area (Å²) in [6.45, 7) is 2.26. The smallest absolute Gasteiger partial charge is 0.269 e. The van der Waals surface area contributed by atoms with Gasteiger partial charge in [0.15, 0.2) is 0 Å². The minimum Gasteiger partial charge on any atom is -0.387 e. The molecule has 0 fully saturated rings. The molecular weight excluding hydrogens is 388 g/mol. The Hall–Kier alpha value is -3.36. The fourth-order valence-electron chi connectivity index (χ4n) is 3.08. The number of non-ortho nitro benzene ring substituents is 1. The molecule has 146 valence electrons. The first-order chi connectivity index (χ1) is 14.0. The van der Waals surface area contributed by atoms with E-state index in [2.05, 4.69) is 44.9 Å². The number of aliphatic hydroxyl groups is 1. The number of nitrogens with one attached hydrogen (secondary N) is 1. The van der Waals surface area contributed by atoms with Gasteiger partial charge in [-0.25, -0.2) is 9.97 Å². The van der Waals surface area contributed by atoms with Gasteiger partial charge in [-0.3, -0.25) is 10.1 Å². The van der Waals surface area contributed by atoms with E-state index in [0.29, 0.717) is 11.4 Å². The Kier molecular flexibility index (Phi) is 5.20. The van der Waals surface area contributed by atoms with Gasteiger partial charge in [-0.2, -0.15) is 0 Å². The van der Waals surface area contributed by atoms with E-state index in [1.54, 1.807) is 23.5 Å². The van der Waals surface area contributed by atoms with Gasteiger partial charge in [-0.1, -0.05) is 29.8 Å². The lowest BCUT2D eigenvalue weighted by atomic mass is 10.0. The highest BCUT2D eigenvalue weighted by Crippen LogP contribution is 2.36. The molecule has 4 rings (SSSR count). The summed E-state index contributed by atoms with van der Waals surface area (Å²) in [5.74, 6) is 0.646. The van der Waals surface area contributed by atoms with Crippen LogP contribution in [0, 0.1) is 17.0 Å². The van der Waals surface area contributed by atoms with Crippen molar-refractivity contribution >= 4 is 33.1 Å². The van der Waals surface area contributed by atoms with Gasteiger partial charge in [0, 0.05) is 29.6 Å². The number of nitrogens with zero attached hydrogens (tertiary/aromatic N) is 3. The summed E-state index contributed by atoms with van der Waals surface area (Å²) in [5.41, 5.74) is 3.90. The van der Waals surface area contributed by atoms with Crippen LogP contribution in [0.25, 0.3) is 21.3 Å². The molecule has 29 heavy (non-hydrogen) atoms. The monoisotopic (exact) mass is 406 g/mol. The van der Waals surface area contributed by atoms with Crippen molar-refractivity contribution in [1.29, 1.82) is 0 Å². The number of hydrogen-bond donors (Lipinski definition) is 2. The molecule has 7 nitrogen and oxygen atoms in total. The molecule has 2 aromatic heterocycles. The zero-order valence-corrected chi connectivity index (χ0v) is 16.4. The minimum absolute atomic E-state index is 0.00701. The predicted octanol–water partition coefficient (Wildman–Crippen LogP) is 4.72. The van der Waals surface area contributed by atoms with Crippen molar-refractivity contribution in [3.63, 3.8) is 0 Å². The second-order valence-electron chi connectivity index (χ2n) is 6.66. The molecule has 0 saturated carbocycles. The highest BCUT2D eigenvalue weighted by atomic mass is 32.1. The third kappa shape index (κ3) is 3.94. The largest absolute Gasteiger partial charge is 0.387 e. The fraction of sp³-hybridized carbons (Fsp3) is 0.143. The summed E-state index contributed by atoms with van der Waals surface area (Å²) in [6, 6.07) is 14.1. The number of nitro groups is 1. The molecule has 0 spiro atoms. The van der Waals surface area contributed by atoms with Crippen LogP contribution in [0.1, 0.15) is 17.2 Å². The van der Waals surface area contributed by atoms with E-state index >= 15 is 0 Å². The maximum absolute atomic E-state index is 10.8. The molecule has 1 atom stereocenters. The molecule has 2 heterocycles. The summed E-state index contributed by atoms with van der Waals surface area (Å²) in [4.78, 5) is 19.9. The Balaban J connectivity index is 1.58. The molecule has 2 aromatic carbocycles. The normalized spacial score (nSPS) is 12.1. The van der Waals surface area contributed by atoms with Crippen LogP contribution in [0.15, 0.2) is 60.2 Å². The van der Waals surface area contributed by atoms with Crippen molar-refractivity contribution in [3.05, 3.63) is 81.5 Å². The van der Waals surface area contributed by atoms with E-state index in [1.807, 2.05) is 6.92 Å². The van der Waals surface area contributed by atoms with E-state index in [0.717, 1.165) is 21.3 Å². The van der Waals surface area contributed by atoms with Crippen molar-refractivity contribution in [2.45, 2.75) is 13.0 Å². The third-order valence-corrected chi connectivity index (χ3v) is 5.57. The van der Waals surface area contributed by atoms with E-state index in [4.69, 9.17) is 0 Å². The molecule has 4 aromatic rings. The Morgan fingerprint density at radius 3 is 2.55 bits per heavy atom. The van der Waals surface area contributed by atoms with Crippen LogP contribution in [0.4, 0.5) is 11.5 Å². The first-order valence-electron chi connectivity index (χ1n) is 8.98. The van der Waals surface area contributed by atoms with E-state index in [9.17, 15) is 15.2 Å². The Morgan fingerprint density at radius 1 is 1.14 bits per heavy atom. The van der Waals surface area contributed by atoms with Gasteiger partial charge in [-0.15, -0.1) is 11.3 Å². The number of aryl methyl sites for hydroxylation is 1. The number of aromatic nitrogens is 2. The van der Waals surface area contributed by atoms with Gasteiger partial charge in [0.25, 0.3) is 5.69 Å². The lowest BCUT2D eigenvalue weighted by molar-refractivity contribution is -0.384. The van der Waals surface area contributed by atoms with E-state index in [-0.39, 0.29) is 12.2 Å². The van der Waals surface area contributed by atoms with Gasteiger partial charge < -0.3 is 10.4 Å². The molecule has 0 radical (unpaired) electrons. The summed E-state index contributed by atoms with van der Waals surface area (Å²) < 4.78 is 0. The number of anilines is 1. The van der Waals surface area contributed by atoms with Crippen LogP contribution >= 0.6 is 11.3 Å². The molecule has 0 saturated heterocycles. The number of fused-ring (bicyclic) bond motifs is 1. The van der Waals surface area contributed by atoms with Gasteiger partial charge in [-0.05, 0) is 30.2 Å². The Labute approximate surface area is 170 Å². The van der Waals surface area contributed by atoms with E-state index < -0.39 is 11.0 Å². The maximum atomic E-state index is 10.8. The molecule has 0 bridgehead atoms. The van der Waals surface area contributed by atoms with Crippen molar-refractivity contribution in [1.82, 2.24) is 9.97 Å². The third-order valence-electron chi connectivity index (χ3n) is 4.68. The van der Waals surface area contributed by atoms with Crippen LogP contribution in [0.3, 0.4) is 0 Å². The summed E-state index contributed by atoms with van der Waals surface area (Å²) in [5, 5.41) is 27.4. The molecule has 2 N–H and O–H groups in total. The Bertz CT molecular complexity index is 1160. The molecular formula is C21H18N4O3S. The summed E-state index contributed by atoms with van der Waals surface area (Å²) in [7, 11) is 0. The maximum Gasteiger partial charge on any atom is 0.269 e. The van der Waals surface area contributed by atoms with Gasteiger partial charge in [0.05, 0.1) is 16.4 Å². The quantitative estimate of drug-likeness (QED) is 0.355. The number of thiophene rings is 1. The molecule has 8 heteroatoms. The molecule has 0 aliphatic heterocycles. The van der Waals surface area contributed by atoms with Crippen molar-refractivity contribution in [2.24, 2.45) is 0 Å². The van der Waals surface area contributed by atoms with Gasteiger partial charge >= 0.3 is 0 Å². The highest BCUT2D eigenvalue weighted by Gasteiger charge is 2.15. The molecule has 0 aliphatic rings. The number of benzene rings is 2. The minimum atomic E-state index is -0.831. The van der Waals surface area contributed by atoms with Gasteiger partial charge in [0.2, 0.25) is 0 Å². The standard InChI is InChI=1S/C21H18N4O3S/c1-13-2-4-14(5-3-13)17-11-29-21-19(17)20(23-12-24-21)22-10-18(26)15-6-8-16(9-7-15)25(27)28/h2-9,11-12,18,26H,10H2,1H3,(H,22,23,24)/t18-/m1/s1. The van der Waals surface area contributed by atoms with Crippen molar-refractivity contribution < 1.29 is 10.0 Å². The molecule has 0 amide bonds. The molecule has 0 aliphatic carbocycles. The zero-order valence-electron chi connectivity index (χ0n) is 15.6. The lowest BCUT2D eigenvalue weighted by Crippen LogP contribution is -2.13. The van der Waals surface area contributed by atoms with Crippen LogP contribution in [-0.4, -0.2) is 26.5 Å². The Morgan fingerprint density at radius 2 is 1.86 bits per heavy atom. The number of aliphatic hydroxyl groups excluding tert-OH is 1. The average molecular weight is 406 g/mol. The second kappa shape index (κ2) is 7.94.